The van der Waals surface area contributed by atoms with Gasteiger partial charge in [0.15, 0.2) is 0 Å². The Balaban J connectivity index is 1.61. The Morgan fingerprint density at radius 1 is 1.07 bits per heavy atom. The molecule has 0 radical (unpaired) electrons. The second-order valence-corrected chi connectivity index (χ2v) is 7.26. The molecule has 1 atom stereocenters. The molecular weight excluding hydrogens is 350 g/mol. The molecule has 7 heteroatoms. The Morgan fingerprint density at radius 2 is 1.86 bits per heavy atom. The van der Waals surface area contributed by atoms with E-state index < -0.39 is 0 Å². The number of benzene rings is 1. The number of hydrogen-bond acceptors (Lipinski definition) is 7. The lowest BCUT2D eigenvalue weighted by Crippen LogP contribution is -2.44. The van der Waals surface area contributed by atoms with Crippen LogP contribution in [0.2, 0.25) is 0 Å². The minimum absolute atomic E-state index is 0.332. The van der Waals surface area contributed by atoms with Gasteiger partial charge in [-0.1, -0.05) is 24.1 Å². The van der Waals surface area contributed by atoms with E-state index in [9.17, 15) is 0 Å². The van der Waals surface area contributed by atoms with Crippen molar-refractivity contribution in [2.45, 2.75) is 19.4 Å². The van der Waals surface area contributed by atoms with Gasteiger partial charge in [0.1, 0.15) is 17.5 Å². The Hall–Kier alpha value is -3.11. The molecule has 1 saturated heterocycles. The Morgan fingerprint density at radius 3 is 2.57 bits per heavy atom. The molecule has 3 heterocycles. The number of piperazine rings is 1. The van der Waals surface area contributed by atoms with Crippen molar-refractivity contribution in [3.63, 3.8) is 0 Å². The summed E-state index contributed by atoms with van der Waals surface area (Å²) >= 11 is 0. The number of anilines is 2. The molecule has 2 N–H and O–H groups in total. The highest BCUT2D eigenvalue weighted by molar-refractivity contribution is 5.96. The third kappa shape index (κ3) is 4.59. The molecular formula is C21H25N7. The van der Waals surface area contributed by atoms with E-state index in [4.69, 9.17) is 4.98 Å². The van der Waals surface area contributed by atoms with Gasteiger partial charge in [0, 0.05) is 50.3 Å². The first kappa shape index (κ1) is 18.3. The molecule has 2 aliphatic rings. The van der Waals surface area contributed by atoms with E-state index in [0.29, 0.717) is 11.9 Å². The van der Waals surface area contributed by atoms with Gasteiger partial charge in [-0.15, -0.1) is 0 Å². The third-order valence-electron chi connectivity index (χ3n) is 4.82. The summed E-state index contributed by atoms with van der Waals surface area (Å²) in [4.78, 5) is 13.9. The maximum Gasteiger partial charge on any atom is 0.209 e. The van der Waals surface area contributed by atoms with Crippen molar-refractivity contribution in [3.8, 4) is 11.8 Å². The van der Waals surface area contributed by atoms with Gasteiger partial charge in [-0.05, 0) is 32.0 Å². The number of nitrogens with one attached hydrogen (secondary N) is 2. The average molecular weight is 375 g/mol. The van der Waals surface area contributed by atoms with Crippen LogP contribution < -0.4 is 15.6 Å². The van der Waals surface area contributed by atoms with Crippen molar-refractivity contribution in [1.29, 1.82) is 0 Å². The van der Waals surface area contributed by atoms with Gasteiger partial charge < -0.3 is 20.5 Å². The summed E-state index contributed by atoms with van der Waals surface area (Å²) in [6, 6.07) is 12.2. The number of amidine groups is 1. The van der Waals surface area contributed by atoms with E-state index in [-0.39, 0.29) is 0 Å². The molecule has 0 aliphatic carbocycles. The standard InChI is InChI=1S/C21H25N7/c1-16-14-20(26-25-16)23-19-15-21(28-12-10-27(2)11-13-28)24-18(22-19)9-8-17-6-4-3-5-7-17/h3-7,15-16,25H,10-14H2,1-2H3,(H,22,23,24,26). The number of hydrazone groups is 1. The number of hydrogen-bond donors (Lipinski definition) is 2. The van der Waals surface area contributed by atoms with Gasteiger partial charge in [-0.2, -0.15) is 5.10 Å². The molecule has 1 aromatic carbocycles. The Labute approximate surface area is 165 Å². The van der Waals surface area contributed by atoms with Crippen molar-refractivity contribution in [2.24, 2.45) is 5.10 Å². The fourth-order valence-corrected chi connectivity index (χ4v) is 3.20. The molecule has 0 spiro atoms. The average Bonchev–Trinajstić information content (AvgIpc) is 3.12. The molecule has 7 nitrogen and oxygen atoms in total. The summed E-state index contributed by atoms with van der Waals surface area (Å²) in [5, 5.41) is 7.66. The highest BCUT2D eigenvalue weighted by Crippen LogP contribution is 2.18. The van der Waals surface area contributed by atoms with E-state index in [1.807, 2.05) is 36.4 Å². The predicted octanol–water partition coefficient (Wildman–Crippen LogP) is 1.74. The summed E-state index contributed by atoms with van der Waals surface area (Å²) in [5.41, 5.74) is 4.02. The first-order valence-corrected chi connectivity index (χ1v) is 9.64. The largest absolute Gasteiger partial charge is 0.354 e. The van der Waals surface area contributed by atoms with E-state index in [2.05, 4.69) is 56.4 Å². The van der Waals surface area contributed by atoms with Crippen LogP contribution in [0.3, 0.4) is 0 Å². The normalized spacial score (nSPS) is 19.4. The Bertz CT molecular complexity index is 905. The number of likely N-dealkylation sites (N-methyl/N-ethyl adjacent to an activating group) is 1. The first-order chi connectivity index (χ1) is 13.7. The number of rotatable bonds is 2. The molecule has 0 bridgehead atoms. The molecule has 1 fully saturated rings. The number of aromatic nitrogens is 2. The maximum atomic E-state index is 4.71. The molecule has 1 aromatic heterocycles. The summed E-state index contributed by atoms with van der Waals surface area (Å²) in [6.07, 6.45) is 0.846. The summed E-state index contributed by atoms with van der Waals surface area (Å²) in [6.45, 7) is 6.03. The van der Waals surface area contributed by atoms with Crippen LogP contribution in [0.4, 0.5) is 11.6 Å². The van der Waals surface area contributed by atoms with Crippen molar-refractivity contribution in [1.82, 2.24) is 20.3 Å². The van der Waals surface area contributed by atoms with E-state index in [0.717, 1.165) is 55.6 Å². The van der Waals surface area contributed by atoms with E-state index in [1.54, 1.807) is 0 Å². The topological polar surface area (TPSA) is 68.7 Å². The SMILES string of the molecule is CC1CC(Nc2cc(N3CCN(C)CC3)nc(C#Cc3ccccc3)n2)=NN1. The minimum Gasteiger partial charge on any atom is -0.354 e. The molecule has 4 rings (SSSR count). The van der Waals surface area contributed by atoms with Gasteiger partial charge in [0.05, 0.1) is 0 Å². The molecule has 144 valence electrons. The van der Waals surface area contributed by atoms with Crippen molar-refractivity contribution >= 4 is 17.5 Å². The molecule has 2 aliphatic heterocycles. The monoisotopic (exact) mass is 375 g/mol. The van der Waals surface area contributed by atoms with E-state index in [1.165, 1.54) is 0 Å². The zero-order valence-electron chi connectivity index (χ0n) is 16.3. The smallest absolute Gasteiger partial charge is 0.209 e. The van der Waals surface area contributed by atoms with Crippen LogP contribution in [0.1, 0.15) is 24.7 Å². The molecule has 2 aromatic rings. The summed E-state index contributed by atoms with van der Waals surface area (Å²) < 4.78 is 0. The van der Waals surface area contributed by atoms with Crippen molar-refractivity contribution in [3.05, 3.63) is 47.8 Å². The second-order valence-electron chi connectivity index (χ2n) is 7.26. The van der Waals surface area contributed by atoms with Gasteiger partial charge in [0.2, 0.25) is 5.82 Å². The van der Waals surface area contributed by atoms with Crippen LogP contribution in [0.25, 0.3) is 0 Å². The predicted molar refractivity (Wildman–Crippen MR) is 112 cm³/mol. The number of nitrogens with zero attached hydrogens (tertiary/aromatic N) is 5. The molecule has 28 heavy (non-hydrogen) atoms. The van der Waals surface area contributed by atoms with Gasteiger partial charge in [0.25, 0.3) is 0 Å². The van der Waals surface area contributed by atoms with Crippen LogP contribution in [0.5, 0.6) is 0 Å². The lowest BCUT2D eigenvalue weighted by Gasteiger charge is -2.33. The van der Waals surface area contributed by atoms with Gasteiger partial charge in [-0.25, -0.2) is 9.97 Å². The molecule has 1 unspecified atom stereocenters. The quantitative estimate of drug-likeness (QED) is 0.780. The zero-order valence-corrected chi connectivity index (χ0v) is 16.3. The van der Waals surface area contributed by atoms with Crippen LogP contribution in [-0.2, 0) is 0 Å². The second kappa shape index (κ2) is 8.28. The zero-order chi connectivity index (χ0) is 19.3. The molecule has 0 saturated carbocycles. The van der Waals surface area contributed by atoms with Gasteiger partial charge in [-0.3, -0.25) is 0 Å². The third-order valence-corrected chi connectivity index (χ3v) is 4.82. The highest BCUT2D eigenvalue weighted by Gasteiger charge is 2.19. The van der Waals surface area contributed by atoms with Crippen molar-refractivity contribution in [2.75, 3.05) is 43.4 Å². The van der Waals surface area contributed by atoms with Crippen LogP contribution in [0.15, 0.2) is 41.5 Å². The fourth-order valence-electron chi connectivity index (χ4n) is 3.20. The highest BCUT2D eigenvalue weighted by atomic mass is 15.4. The fraction of sp³-hybridized carbons (Fsp3) is 0.381. The van der Waals surface area contributed by atoms with Crippen molar-refractivity contribution < 1.29 is 0 Å². The molecule has 0 amide bonds. The lowest BCUT2D eigenvalue weighted by atomic mass is 10.2. The van der Waals surface area contributed by atoms with Crippen LogP contribution >= 0.6 is 0 Å². The Kier molecular flexibility index (Phi) is 5.40. The van der Waals surface area contributed by atoms with Crippen LogP contribution in [0, 0.1) is 11.8 Å². The lowest BCUT2D eigenvalue weighted by molar-refractivity contribution is 0.312. The van der Waals surface area contributed by atoms with E-state index >= 15 is 0 Å². The van der Waals surface area contributed by atoms with Gasteiger partial charge >= 0.3 is 0 Å². The minimum atomic E-state index is 0.332. The maximum absolute atomic E-state index is 4.71. The summed E-state index contributed by atoms with van der Waals surface area (Å²) in [7, 11) is 2.15. The summed E-state index contributed by atoms with van der Waals surface area (Å²) in [5.74, 6) is 9.31. The van der Waals surface area contributed by atoms with Crippen LogP contribution in [-0.4, -0.2) is 60.0 Å². The first-order valence-electron chi connectivity index (χ1n) is 9.64.